The monoisotopic (exact) mass is 928 g/mol. The summed E-state index contributed by atoms with van der Waals surface area (Å²) in [6, 6.07) is 30.9. The lowest BCUT2D eigenvalue weighted by molar-refractivity contribution is -0.144. The highest BCUT2D eigenvalue weighted by Gasteiger charge is 2.34. The van der Waals surface area contributed by atoms with E-state index in [0.717, 1.165) is 29.5 Å². The largest absolute Gasteiger partial charge is 0.497 e. The van der Waals surface area contributed by atoms with Gasteiger partial charge in [-0.05, 0) is 99.2 Å². The number of aliphatic hydroxyl groups excluding tert-OH is 1. The van der Waals surface area contributed by atoms with Crippen LogP contribution in [0.15, 0.2) is 119 Å². The van der Waals surface area contributed by atoms with E-state index in [-0.39, 0.29) is 46.4 Å². The second-order valence-corrected chi connectivity index (χ2v) is 18.5. The standard InChI is InChI=1S/C23H32N2O6S.C12H15NO2.C11H17NO4S/c1-5-17(2)31-25(32(28,29)21-13-11-20(30-4)12-14-21)16-23(27)22(24-18(3)26)15-19-9-7-6-8-10-19;1-9(14)13-11(12-8-15-12)7-10-5-3-2-4-6-10;1-4-9(2)16-12-17(13,14)11-7-5-10(15-3)6-8-11/h6-14,17,22-23,27H,5,15-16H2,1-4H3,(H,24,26);2-6,11-12H,7-8H2,1H3,(H,13,14);5-9,12H,4H2,1-3H3. The molecule has 1 saturated heterocycles. The first-order valence-electron chi connectivity index (χ1n) is 21.0. The molecule has 4 aromatic carbocycles. The Labute approximate surface area is 378 Å². The Morgan fingerprint density at radius 2 is 1.19 bits per heavy atom. The average Bonchev–Trinajstić information content (AvgIpc) is 4.14. The maximum absolute atomic E-state index is 13.3. The van der Waals surface area contributed by atoms with Crippen LogP contribution in [0.3, 0.4) is 0 Å². The van der Waals surface area contributed by atoms with Gasteiger partial charge in [-0.15, -0.1) is 0 Å². The Balaban J connectivity index is 0.000000284. The lowest BCUT2D eigenvalue weighted by Gasteiger charge is -2.30. The van der Waals surface area contributed by atoms with E-state index in [2.05, 4.69) is 27.7 Å². The fraction of sp³-hybridized carbons (Fsp3) is 0.435. The molecule has 1 aliphatic rings. The van der Waals surface area contributed by atoms with Gasteiger partial charge in [0.25, 0.3) is 20.0 Å². The smallest absolute Gasteiger partial charge is 0.265 e. The molecule has 1 fully saturated rings. The van der Waals surface area contributed by atoms with Gasteiger partial charge in [-0.25, -0.2) is 16.8 Å². The Hall–Kier alpha value is -4.92. The molecule has 4 N–H and O–H groups in total. The predicted molar refractivity (Wildman–Crippen MR) is 243 cm³/mol. The van der Waals surface area contributed by atoms with Gasteiger partial charge in [-0.1, -0.05) is 83.9 Å². The van der Waals surface area contributed by atoms with E-state index in [4.69, 9.17) is 23.9 Å². The molecule has 18 heteroatoms. The third-order valence-electron chi connectivity index (χ3n) is 9.78. The van der Waals surface area contributed by atoms with Crippen molar-refractivity contribution >= 4 is 31.9 Å². The predicted octanol–water partition coefficient (Wildman–Crippen LogP) is 5.36. The maximum atomic E-state index is 13.3. The highest BCUT2D eigenvalue weighted by molar-refractivity contribution is 7.89. The van der Waals surface area contributed by atoms with Gasteiger partial charge in [0.2, 0.25) is 11.8 Å². The van der Waals surface area contributed by atoms with Crippen molar-refractivity contribution in [1.29, 1.82) is 0 Å². The molecule has 0 saturated carbocycles. The molecule has 6 unspecified atom stereocenters. The number of benzene rings is 4. The van der Waals surface area contributed by atoms with E-state index in [1.165, 1.54) is 51.0 Å². The van der Waals surface area contributed by atoms with Gasteiger partial charge in [0, 0.05) is 13.8 Å². The lowest BCUT2D eigenvalue weighted by Crippen LogP contribution is -2.50. The number of epoxide rings is 1. The second-order valence-electron chi connectivity index (χ2n) is 15.0. The Kier molecular flexibility index (Phi) is 22.3. The molecule has 4 aromatic rings. The number of ether oxygens (including phenoxy) is 3. The van der Waals surface area contributed by atoms with E-state index in [9.17, 15) is 31.5 Å². The molecule has 352 valence electrons. The molecule has 1 aliphatic heterocycles. The van der Waals surface area contributed by atoms with Gasteiger partial charge in [0.15, 0.2) is 0 Å². The summed E-state index contributed by atoms with van der Waals surface area (Å²) in [7, 11) is -4.68. The fourth-order valence-corrected chi connectivity index (χ4v) is 7.96. The summed E-state index contributed by atoms with van der Waals surface area (Å²) in [4.78, 5) is 35.7. The first-order valence-corrected chi connectivity index (χ1v) is 23.9. The highest BCUT2D eigenvalue weighted by Crippen LogP contribution is 2.23. The molecular formula is C46H64N4O12S2. The van der Waals surface area contributed by atoms with Crippen molar-refractivity contribution in [2.45, 2.75) is 114 Å². The minimum absolute atomic E-state index is 0.00595. The van der Waals surface area contributed by atoms with E-state index in [0.29, 0.717) is 24.3 Å². The van der Waals surface area contributed by atoms with Gasteiger partial charge in [0.1, 0.15) is 17.6 Å². The zero-order valence-corrected chi connectivity index (χ0v) is 39.4. The van der Waals surface area contributed by atoms with Gasteiger partial charge < -0.3 is 30.0 Å². The van der Waals surface area contributed by atoms with Crippen molar-refractivity contribution in [3.8, 4) is 11.5 Å². The molecule has 0 aliphatic carbocycles. The van der Waals surface area contributed by atoms with E-state index < -0.39 is 38.3 Å². The Morgan fingerprint density at radius 1 is 0.719 bits per heavy atom. The average molecular weight is 929 g/mol. The zero-order chi connectivity index (χ0) is 47.3. The molecule has 6 atom stereocenters. The molecule has 2 amide bonds. The number of hydroxylamine groups is 1. The van der Waals surface area contributed by atoms with Crippen molar-refractivity contribution in [3.63, 3.8) is 0 Å². The van der Waals surface area contributed by atoms with Crippen molar-refractivity contribution < 1.29 is 55.4 Å². The van der Waals surface area contributed by atoms with Gasteiger partial charge >= 0.3 is 0 Å². The first kappa shape index (κ1) is 53.4. The summed E-state index contributed by atoms with van der Waals surface area (Å²) in [5.74, 6) is 0.808. The van der Waals surface area contributed by atoms with Crippen molar-refractivity contribution in [2.75, 3.05) is 27.4 Å². The number of aliphatic hydroxyl groups is 1. The van der Waals surface area contributed by atoms with Gasteiger partial charge in [-0.3, -0.25) is 19.3 Å². The first-order chi connectivity index (χ1) is 30.4. The van der Waals surface area contributed by atoms with Crippen LogP contribution in [-0.4, -0.2) is 102 Å². The number of rotatable bonds is 22. The SMILES string of the molecule is CC(=O)NC(Cc1ccccc1)C1CO1.CCC(C)ON(CC(O)C(Cc1ccccc1)NC(C)=O)S(=O)(=O)c1ccc(OC)cc1.CCC(C)ONS(=O)(=O)c1ccc(OC)cc1. The zero-order valence-electron chi connectivity index (χ0n) is 37.8. The number of hydrogen-bond acceptors (Lipinski definition) is 12. The summed E-state index contributed by atoms with van der Waals surface area (Å²) >= 11 is 0. The van der Waals surface area contributed by atoms with Gasteiger partial charge in [-0.2, -0.15) is 0 Å². The summed E-state index contributed by atoms with van der Waals surface area (Å²) in [6.45, 7) is 10.6. The minimum atomic E-state index is -4.08. The number of methoxy groups -OCH3 is 2. The number of carbonyl (C=O) groups excluding carboxylic acids is 2. The molecule has 0 bridgehead atoms. The molecule has 0 radical (unpaired) electrons. The lowest BCUT2D eigenvalue weighted by atomic mass is 10.0. The summed E-state index contributed by atoms with van der Waals surface area (Å²) in [6.07, 6.45) is 0.901. The highest BCUT2D eigenvalue weighted by atomic mass is 32.2. The molecule has 0 aromatic heterocycles. The van der Waals surface area contributed by atoms with Crippen LogP contribution in [0.4, 0.5) is 0 Å². The molecule has 16 nitrogen and oxygen atoms in total. The number of nitrogens with one attached hydrogen (secondary N) is 3. The summed E-state index contributed by atoms with van der Waals surface area (Å²) < 4.78 is 66.2. The van der Waals surface area contributed by atoms with Crippen LogP contribution < -0.4 is 25.0 Å². The van der Waals surface area contributed by atoms with Crippen LogP contribution in [-0.2, 0) is 56.9 Å². The van der Waals surface area contributed by atoms with Crippen LogP contribution >= 0.6 is 0 Å². The molecular weight excluding hydrogens is 865 g/mol. The Bertz CT molecular complexity index is 2200. The minimum Gasteiger partial charge on any atom is -0.497 e. The third-order valence-corrected chi connectivity index (χ3v) is 12.6. The van der Waals surface area contributed by atoms with E-state index in [1.807, 2.05) is 62.4 Å². The molecule has 64 heavy (non-hydrogen) atoms. The summed E-state index contributed by atoms with van der Waals surface area (Å²) in [5, 5.41) is 16.6. The number of carbonyl (C=O) groups is 2. The summed E-state index contributed by atoms with van der Waals surface area (Å²) in [5.41, 5.74) is 2.13. The normalized spacial score (nSPS) is 15.7. The van der Waals surface area contributed by atoms with Crippen LogP contribution in [0.5, 0.6) is 11.5 Å². The number of nitrogens with zero attached hydrogens (tertiary/aromatic N) is 1. The Morgan fingerprint density at radius 3 is 1.62 bits per heavy atom. The van der Waals surface area contributed by atoms with Crippen LogP contribution in [0, 0.1) is 0 Å². The maximum Gasteiger partial charge on any atom is 0.265 e. The molecule has 5 rings (SSSR count). The fourth-order valence-electron chi connectivity index (χ4n) is 5.75. The molecule has 1 heterocycles. The molecule has 0 spiro atoms. The number of hydrogen-bond donors (Lipinski definition) is 4. The van der Waals surface area contributed by atoms with Crippen LogP contribution in [0.25, 0.3) is 0 Å². The van der Waals surface area contributed by atoms with Crippen LogP contribution in [0.2, 0.25) is 0 Å². The third kappa shape index (κ3) is 18.7. The van der Waals surface area contributed by atoms with Crippen LogP contribution in [0.1, 0.15) is 65.5 Å². The van der Waals surface area contributed by atoms with Crippen molar-refractivity contribution in [3.05, 3.63) is 120 Å². The van der Waals surface area contributed by atoms with Crippen molar-refractivity contribution in [1.82, 2.24) is 20.0 Å². The van der Waals surface area contributed by atoms with E-state index in [1.54, 1.807) is 45.0 Å². The number of sulfonamides is 2. The van der Waals surface area contributed by atoms with Crippen molar-refractivity contribution in [2.24, 2.45) is 0 Å². The van der Waals surface area contributed by atoms with E-state index >= 15 is 0 Å². The van der Waals surface area contributed by atoms with Gasteiger partial charge in [0.05, 0.1) is 67.6 Å². The number of amides is 2. The quantitative estimate of drug-likeness (QED) is 0.0580. The second kappa shape index (κ2) is 26.8. The topological polar surface area (TPSA) is 211 Å².